The van der Waals surface area contributed by atoms with Crippen LogP contribution in [0.5, 0.6) is 5.75 Å². The molecule has 1 unspecified atom stereocenters. The Hall–Kier alpha value is -0.620. The van der Waals surface area contributed by atoms with Gasteiger partial charge in [0.1, 0.15) is 5.75 Å². The maximum absolute atomic E-state index is 9.81. The third-order valence-electron chi connectivity index (χ3n) is 2.65. The quantitative estimate of drug-likeness (QED) is 0.643. The van der Waals surface area contributed by atoms with Crippen LogP contribution >= 0.6 is 15.9 Å². The molecular weight excluding hydrogens is 286 g/mol. The molecule has 0 fully saturated rings. The van der Waals surface area contributed by atoms with Gasteiger partial charge in [-0.3, -0.25) is 0 Å². The van der Waals surface area contributed by atoms with Crippen LogP contribution in [0.3, 0.4) is 0 Å². The summed E-state index contributed by atoms with van der Waals surface area (Å²) in [4.78, 5) is 0. The van der Waals surface area contributed by atoms with Crippen molar-refractivity contribution in [2.45, 2.75) is 25.4 Å². The Morgan fingerprint density at radius 2 is 1.94 bits per heavy atom. The number of aliphatic hydroxyl groups excluding tert-OH is 2. The summed E-state index contributed by atoms with van der Waals surface area (Å²) in [5.41, 5.74) is 0.758. The number of benzene rings is 1. The second kappa shape index (κ2) is 6.96. The van der Waals surface area contributed by atoms with E-state index < -0.39 is 0 Å². The van der Waals surface area contributed by atoms with Crippen LogP contribution in [0.4, 0.5) is 0 Å². The van der Waals surface area contributed by atoms with E-state index in [1.54, 1.807) is 12.1 Å². The Morgan fingerprint density at radius 3 is 2.47 bits per heavy atom. The molecule has 5 heteroatoms. The highest BCUT2D eigenvalue weighted by atomic mass is 79.9. The zero-order valence-corrected chi connectivity index (χ0v) is 11.3. The third-order valence-corrected chi connectivity index (χ3v) is 3.14. The maximum atomic E-state index is 9.81. The third kappa shape index (κ3) is 3.96. The lowest BCUT2D eigenvalue weighted by Gasteiger charge is -2.23. The minimum absolute atomic E-state index is 0.100. The molecule has 0 aliphatic heterocycles. The number of rotatable bonds is 6. The summed E-state index contributed by atoms with van der Waals surface area (Å²) in [7, 11) is 0. The first-order valence-electron chi connectivity index (χ1n) is 5.58. The summed E-state index contributed by atoms with van der Waals surface area (Å²) in [6.45, 7) is 1.70. The molecule has 0 saturated carbocycles. The highest BCUT2D eigenvalue weighted by molar-refractivity contribution is 9.10. The zero-order chi connectivity index (χ0) is 12.8. The van der Waals surface area contributed by atoms with Crippen molar-refractivity contribution in [2.24, 2.45) is 0 Å². The van der Waals surface area contributed by atoms with E-state index in [4.69, 9.17) is 10.2 Å². The van der Waals surface area contributed by atoms with Gasteiger partial charge in [-0.25, -0.2) is 0 Å². The lowest BCUT2D eigenvalue weighted by atomic mass is 10.0. The first-order chi connectivity index (χ1) is 8.12. The van der Waals surface area contributed by atoms with Crippen molar-refractivity contribution in [3.05, 3.63) is 28.2 Å². The summed E-state index contributed by atoms with van der Waals surface area (Å²) in [6, 6.07) is 4.75. The van der Waals surface area contributed by atoms with Gasteiger partial charge in [-0.15, -0.1) is 0 Å². The monoisotopic (exact) mass is 303 g/mol. The summed E-state index contributed by atoms with van der Waals surface area (Å²) < 4.78 is 0.884. The van der Waals surface area contributed by atoms with Gasteiger partial charge in [-0.2, -0.15) is 0 Å². The fourth-order valence-electron chi connectivity index (χ4n) is 1.68. The second-order valence-electron chi connectivity index (χ2n) is 3.89. The topological polar surface area (TPSA) is 72.7 Å². The van der Waals surface area contributed by atoms with Gasteiger partial charge in [0.2, 0.25) is 0 Å². The Labute approximate surface area is 109 Å². The van der Waals surface area contributed by atoms with Crippen molar-refractivity contribution in [3.8, 4) is 5.75 Å². The molecule has 4 nitrogen and oxygen atoms in total. The smallest absolute Gasteiger partial charge is 0.120 e. The Bertz CT molecular complexity index is 356. The van der Waals surface area contributed by atoms with E-state index in [1.807, 2.05) is 13.0 Å². The number of phenolic OH excluding ortho intramolecular Hbond substituents is 1. The van der Waals surface area contributed by atoms with Crippen LogP contribution in [0.15, 0.2) is 22.7 Å². The Balaban J connectivity index is 2.89. The molecule has 17 heavy (non-hydrogen) atoms. The van der Waals surface area contributed by atoms with Crippen LogP contribution in [0.25, 0.3) is 0 Å². The predicted octanol–water partition coefficient (Wildman–Crippen LogP) is 1.55. The Kier molecular flexibility index (Phi) is 5.91. The second-order valence-corrected chi connectivity index (χ2v) is 4.81. The van der Waals surface area contributed by atoms with E-state index in [0.29, 0.717) is 0 Å². The van der Waals surface area contributed by atoms with Gasteiger partial charge in [0, 0.05) is 16.1 Å². The summed E-state index contributed by atoms with van der Waals surface area (Å²) in [5, 5.41) is 31.0. The van der Waals surface area contributed by atoms with Gasteiger partial charge in [0.25, 0.3) is 0 Å². The van der Waals surface area contributed by atoms with Gasteiger partial charge >= 0.3 is 0 Å². The molecule has 4 N–H and O–H groups in total. The van der Waals surface area contributed by atoms with Crippen molar-refractivity contribution in [1.29, 1.82) is 0 Å². The molecule has 0 aromatic heterocycles. The number of hydrogen-bond acceptors (Lipinski definition) is 4. The number of halogens is 1. The predicted molar refractivity (Wildman–Crippen MR) is 69.9 cm³/mol. The zero-order valence-electron chi connectivity index (χ0n) is 9.73. The van der Waals surface area contributed by atoms with Crippen molar-refractivity contribution in [3.63, 3.8) is 0 Å². The first kappa shape index (κ1) is 14.4. The van der Waals surface area contributed by atoms with Crippen LogP contribution in [0.1, 0.15) is 24.9 Å². The van der Waals surface area contributed by atoms with Crippen LogP contribution in [0.2, 0.25) is 0 Å². The molecular formula is C12H18BrNO3. The average Bonchev–Trinajstić information content (AvgIpc) is 2.34. The lowest BCUT2D eigenvalue weighted by Crippen LogP contribution is -2.38. The molecule has 0 bridgehead atoms. The molecule has 0 radical (unpaired) electrons. The minimum Gasteiger partial charge on any atom is -0.508 e. The molecule has 96 valence electrons. The molecule has 0 heterocycles. The van der Waals surface area contributed by atoms with Crippen molar-refractivity contribution < 1.29 is 15.3 Å². The van der Waals surface area contributed by atoms with Gasteiger partial charge in [0.05, 0.1) is 19.3 Å². The van der Waals surface area contributed by atoms with Crippen molar-refractivity contribution >= 4 is 15.9 Å². The summed E-state index contributed by atoms with van der Waals surface area (Å²) in [5.74, 6) is 0.210. The molecule has 0 aliphatic rings. The molecule has 1 aromatic rings. The highest BCUT2D eigenvalue weighted by Gasteiger charge is 2.17. The van der Waals surface area contributed by atoms with Crippen molar-refractivity contribution in [2.75, 3.05) is 13.2 Å². The van der Waals surface area contributed by atoms with Gasteiger partial charge in [-0.05, 0) is 24.6 Å². The summed E-state index contributed by atoms with van der Waals surface area (Å²) in [6.07, 6.45) is 0.751. The average molecular weight is 304 g/mol. The molecule has 0 saturated heterocycles. The molecule has 0 aliphatic carbocycles. The van der Waals surface area contributed by atoms with E-state index in [1.165, 1.54) is 0 Å². The number of aromatic hydroxyl groups is 1. The largest absolute Gasteiger partial charge is 0.508 e. The van der Waals surface area contributed by atoms with E-state index in [9.17, 15) is 5.11 Å². The normalized spacial score (nSPS) is 13.0. The number of aliphatic hydroxyl groups is 2. The number of hydrogen-bond donors (Lipinski definition) is 4. The van der Waals surface area contributed by atoms with E-state index >= 15 is 0 Å². The van der Waals surface area contributed by atoms with Crippen LogP contribution in [-0.2, 0) is 0 Å². The van der Waals surface area contributed by atoms with E-state index in [0.717, 1.165) is 16.5 Å². The SMILES string of the molecule is CCC(NC(CO)CO)c1cc(Br)ccc1O. The molecule has 1 atom stereocenters. The van der Waals surface area contributed by atoms with Crippen molar-refractivity contribution in [1.82, 2.24) is 5.32 Å². The van der Waals surface area contributed by atoms with Crippen LogP contribution < -0.4 is 5.32 Å². The summed E-state index contributed by atoms with van der Waals surface area (Å²) >= 11 is 3.36. The molecule has 1 rings (SSSR count). The molecule has 1 aromatic carbocycles. The fraction of sp³-hybridized carbons (Fsp3) is 0.500. The lowest BCUT2D eigenvalue weighted by molar-refractivity contribution is 0.160. The number of nitrogens with one attached hydrogen (secondary N) is 1. The maximum Gasteiger partial charge on any atom is 0.120 e. The van der Waals surface area contributed by atoms with E-state index in [-0.39, 0.29) is 31.0 Å². The molecule has 0 spiro atoms. The molecule has 0 amide bonds. The Morgan fingerprint density at radius 1 is 1.29 bits per heavy atom. The minimum atomic E-state index is -0.377. The van der Waals surface area contributed by atoms with Crippen LogP contribution in [-0.4, -0.2) is 34.6 Å². The standard InChI is InChI=1S/C12H18BrNO3/c1-2-11(14-9(6-15)7-16)10-5-8(13)3-4-12(10)17/h3-5,9,11,14-17H,2,6-7H2,1H3. The fourth-order valence-corrected chi connectivity index (χ4v) is 2.06. The van der Waals surface area contributed by atoms with Gasteiger partial charge in [-0.1, -0.05) is 22.9 Å². The van der Waals surface area contributed by atoms with Crippen LogP contribution in [0, 0.1) is 0 Å². The number of phenols is 1. The van der Waals surface area contributed by atoms with Gasteiger partial charge < -0.3 is 20.6 Å². The van der Waals surface area contributed by atoms with Gasteiger partial charge in [0.15, 0.2) is 0 Å². The van der Waals surface area contributed by atoms with E-state index in [2.05, 4.69) is 21.2 Å². The first-order valence-corrected chi connectivity index (χ1v) is 6.37. The highest BCUT2D eigenvalue weighted by Crippen LogP contribution is 2.29.